The van der Waals surface area contributed by atoms with Crippen molar-refractivity contribution in [1.29, 1.82) is 5.41 Å². The molecule has 0 amide bonds. The number of rotatable bonds is 5. The number of halogens is 1. The Morgan fingerprint density at radius 2 is 1.75 bits per heavy atom. The molecule has 4 N–H and O–H groups in total. The van der Waals surface area contributed by atoms with Crippen LogP contribution in [0.3, 0.4) is 0 Å². The third-order valence-electron chi connectivity index (χ3n) is 2.98. The van der Waals surface area contributed by atoms with E-state index in [0.29, 0.717) is 11.1 Å². The third-order valence-corrected chi connectivity index (χ3v) is 4.72. The van der Waals surface area contributed by atoms with Crippen LogP contribution in [0.5, 0.6) is 0 Å². The molecule has 0 aliphatic heterocycles. The minimum absolute atomic E-state index is 0.0331. The smallest absolute Gasteiger partial charge is 0.241 e. The number of nitrogens with two attached hydrogens (primary N) is 1. The molecule has 0 aliphatic carbocycles. The molecule has 0 saturated carbocycles. The van der Waals surface area contributed by atoms with E-state index in [-0.39, 0.29) is 16.6 Å². The van der Waals surface area contributed by atoms with Gasteiger partial charge in [-0.2, -0.15) is 0 Å². The lowest BCUT2D eigenvalue weighted by molar-refractivity contribution is 0.521. The zero-order chi connectivity index (χ0) is 15.7. The number of nitrogens with one attached hydrogen (secondary N) is 2. The Balaban J connectivity index is 3.28. The van der Waals surface area contributed by atoms with Crippen LogP contribution in [-0.2, 0) is 10.0 Å². The second-order valence-electron chi connectivity index (χ2n) is 5.17. The zero-order valence-electron chi connectivity index (χ0n) is 12.0. The van der Waals surface area contributed by atoms with Gasteiger partial charge in [-0.3, -0.25) is 5.41 Å². The van der Waals surface area contributed by atoms with Crippen molar-refractivity contribution in [1.82, 2.24) is 4.72 Å². The predicted octanol–water partition coefficient (Wildman–Crippen LogP) is 1.68. The second-order valence-corrected chi connectivity index (χ2v) is 6.82. The lowest BCUT2D eigenvalue weighted by Gasteiger charge is -2.22. The molecule has 0 heterocycles. The Morgan fingerprint density at radius 1 is 1.30 bits per heavy atom. The van der Waals surface area contributed by atoms with Crippen LogP contribution in [0.4, 0.5) is 4.39 Å². The molecule has 0 spiro atoms. The molecule has 112 valence electrons. The summed E-state index contributed by atoms with van der Waals surface area (Å²) in [4.78, 5) is 0.0331. The van der Waals surface area contributed by atoms with E-state index in [1.807, 2.05) is 0 Å². The number of aryl methyl sites for hydroxylation is 2. The Labute approximate surface area is 118 Å². The van der Waals surface area contributed by atoms with E-state index in [2.05, 4.69) is 4.72 Å². The summed E-state index contributed by atoms with van der Waals surface area (Å²) in [5.41, 5.74) is 6.06. The molecule has 20 heavy (non-hydrogen) atoms. The fraction of sp³-hybridized carbons (Fsp3) is 0.462. The van der Waals surface area contributed by atoms with Gasteiger partial charge in [0.05, 0.1) is 10.9 Å². The molecule has 1 aromatic rings. The molecule has 1 unspecified atom stereocenters. The quantitative estimate of drug-likeness (QED) is 0.570. The van der Waals surface area contributed by atoms with Crippen LogP contribution < -0.4 is 10.5 Å². The summed E-state index contributed by atoms with van der Waals surface area (Å²) < 4.78 is 40.5. The van der Waals surface area contributed by atoms with Crippen LogP contribution in [0.2, 0.25) is 0 Å². The molecule has 0 radical (unpaired) electrons. The predicted molar refractivity (Wildman–Crippen MR) is 76.7 cm³/mol. The zero-order valence-corrected chi connectivity index (χ0v) is 12.8. The van der Waals surface area contributed by atoms with Crippen LogP contribution in [0, 0.1) is 31.0 Å². The van der Waals surface area contributed by atoms with E-state index in [1.54, 1.807) is 13.8 Å². The normalized spacial score (nSPS) is 13.5. The largest absolute Gasteiger partial charge is 0.386 e. The first-order valence-electron chi connectivity index (χ1n) is 6.19. The van der Waals surface area contributed by atoms with Crippen LogP contribution in [0.15, 0.2) is 17.0 Å². The van der Waals surface area contributed by atoms with Crippen molar-refractivity contribution < 1.29 is 12.8 Å². The molecule has 1 aromatic carbocycles. The summed E-state index contributed by atoms with van der Waals surface area (Å²) in [6.07, 6.45) is 0. The van der Waals surface area contributed by atoms with Crippen LogP contribution in [0.25, 0.3) is 0 Å². The molecule has 0 bridgehead atoms. The van der Waals surface area contributed by atoms with Crippen molar-refractivity contribution in [3.63, 3.8) is 0 Å². The van der Waals surface area contributed by atoms with Crippen LogP contribution in [-0.4, -0.2) is 20.3 Å². The number of hydrogen-bond donors (Lipinski definition) is 3. The van der Waals surface area contributed by atoms with Gasteiger partial charge in [0.1, 0.15) is 11.7 Å². The molecule has 0 saturated heterocycles. The third kappa shape index (κ3) is 3.55. The molecular formula is C13H20FN3O2S. The van der Waals surface area contributed by atoms with Gasteiger partial charge in [-0.1, -0.05) is 13.8 Å². The fourth-order valence-corrected chi connectivity index (χ4v) is 3.92. The van der Waals surface area contributed by atoms with E-state index in [9.17, 15) is 12.8 Å². The molecule has 0 aromatic heterocycles. The standard InChI is InChI=1S/C13H20FN3O2S/c1-7(2)11(13(15)16)17-20(18,19)12-8(3)5-10(14)6-9(12)4/h5-7,11,17H,1-4H3,(H3,15,16). The fourth-order valence-electron chi connectivity index (χ4n) is 2.11. The van der Waals surface area contributed by atoms with Crippen molar-refractivity contribution in [2.45, 2.75) is 38.6 Å². The number of benzene rings is 1. The summed E-state index contributed by atoms with van der Waals surface area (Å²) in [7, 11) is -3.87. The topological polar surface area (TPSA) is 96.0 Å². The van der Waals surface area contributed by atoms with Gasteiger partial charge in [0, 0.05) is 0 Å². The summed E-state index contributed by atoms with van der Waals surface area (Å²) >= 11 is 0. The molecule has 5 nitrogen and oxygen atoms in total. The van der Waals surface area contributed by atoms with E-state index in [0.717, 1.165) is 0 Å². The molecule has 1 atom stereocenters. The maximum absolute atomic E-state index is 13.2. The van der Waals surface area contributed by atoms with Gasteiger partial charge >= 0.3 is 0 Å². The summed E-state index contributed by atoms with van der Waals surface area (Å²) in [6.45, 7) is 6.59. The summed E-state index contributed by atoms with van der Waals surface area (Å²) in [5, 5.41) is 7.46. The average molecular weight is 301 g/mol. The van der Waals surface area contributed by atoms with E-state index in [4.69, 9.17) is 11.1 Å². The molecule has 1 rings (SSSR count). The number of sulfonamides is 1. The highest BCUT2D eigenvalue weighted by molar-refractivity contribution is 7.89. The van der Waals surface area contributed by atoms with Crippen LogP contribution >= 0.6 is 0 Å². The van der Waals surface area contributed by atoms with Crippen molar-refractivity contribution in [3.05, 3.63) is 29.1 Å². The van der Waals surface area contributed by atoms with Crippen molar-refractivity contribution in [3.8, 4) is 0 Å². The highest BCUT2D eigenvalue weighted by Gasteiger charge is 2.27. The maximum Gasteiger partial charge on any atom is 0.241 e. The lowest BCUT2D eigenvalue weighted by Crippen LogP contribution is -2.47. The first-order valence-corrected chi connectivity index (χ1v) is 7.67. The van der Waals surface area contributed by atoms with Gasteiger partial charge in [0.25, 0.3) is 0 Å². The van der Waals surface area contributed by atoms with Crippen molar-refractivity contribution >= 4 is 15.9 Å². The van der Waals surface area contributed by atoms with Gasteiger partial charge in [-0.25, -0.2) is 17.5 Å². The average Bonchev–Trinajstić information content (AvgIpc) is 2.23. The summed E-state index contributed by atoms with van der Waals surface area (Å²) in [6, 6.07) is 1.54. The molecule has 0 fully saturated rings. The SMILES string of the molecule is Cc1cc(F)cc(C)c1S(=O)(=O)NC(C(=N)N)C(C)C. The highest BCUT2D eigenvalue weighted by Crippen LogP contribution is 2.22. The van der Waals surface area contributed by atoms with Crippen molar-refractivity contribution in [2.24, 2.45) is 11.7 Å². The van der Waals surface area contributed by atoms with Gasteiger partial charge in [0.2, 0.25) is 10.0 Å². The Morgan fingerprint density at radius 3 is 2.10 bits per heavy atom. The highest BCUT2D eigenvalue weighted by atomic mass is 32.2. The van der Waals surface area contributed by atoms with Crippen LogP contribution in [0.1, 0.15) is 25.0 Å². The Kier molecular flexibility index (Phi) is 4.88. The Hall–Kier alpha value is -1.47. The minimum atomic E-state index is -3.87. The Bertz CT molecular complexity index is 603. The molecule has 7 heteroatoms. The number of hydrogen-bond acceptors (Lipinski definition) is 3. The lowest BCUT2D eigenvalue weighted by atomic mass is 10.1. The first-order chi connectivity index (χ1) is 9.06. The first kappa shape index (κ1) is 16.6. The number of amidine groups is 1. The van der Waals surface area contributed by atoms with Gasteiger partial charge in [-0.05, 0) is 43.0 Å². The monoisotopic (exact) mass is 301 g/mol. The van der Waals surface area contributed by atoms with E-state index < -0.39 is 21.9 Å². The minimum Gasteiger partial charge on any atom is -0.386 e. The summed E-state index contributed by atoms with van der Waals surface area (Å²) in [5.74, 6) is -0.893. The van der Waals surface area contributed by atoms with Gasteiger partial charge in [-0.15, -0.1) is 0 Å². The van der Waals surface area contributed by atoms with E-state index >= 15 is 0 Å². The molecular weight excluding hydrogens is 281 g/mol. The van der Waals surface area contributed by atoms with Crippen molar-refractivity contribution in [2.75, 3.05) is 0 Å². The van der Waals surface area contributed by atoms with Gasteiger partial charge in [0.15, 0.2) is 0 Å². The van der Waals surface area contributed by atoms with Gasteiger partial charge < -0.3 is 5.73 Å². The van der Waals surface area contributed by atoms with E-state index in [1.165, 1.54) is 26.0 Å². The second kappa shape index (κ2) is 5.88. The maximum atomic E-state index is 13.2. The molecule has 0 aliphatic rings.